The van der Waals surface area contributed by atoms with E-state index in [-0.39, 0.29) is 24.7 Å². The van der Waals surface area contributed by atoms with E-state index in [1.165, 1.54) is 0 Å². The highest BCUT2D eigenvalue weighted by atomic mass is 16.5. The molecule has 0 saturated heterocycles. The van der Waals surface area contributed by atoms with Gasteiger partial charge in [-0.25, -0.2) is 9.48 Å². The van der Waals surface area contributed by atoms with E-state index < -0.39 is 17.5 Å². The molecule has 5 rings (SSSR count). The lowest BCUT2D eigenvalue weighted by Crippen LogP contribution is -2.40. The van der Waals surface area contributed by atoms with Gasteiger partial charge in [-0.1, -0.05) is 104 Å². The van der Waals surface area contributed by atoms with Gasteiger partial charge >= 0.3 is 11.9 Å². The van der Waals surface area contributed by atoms with Gasteiger partial charge in [-0.15, -0.1) is 5.10 Å². The lowest BCUT2D eigenvalue weighted by molar-refractivity contribution is -0.151. The highest BCUT2D eigenvalue weighted by molar-refractivity contribution is 5.93. The lowest BCUT2D eigenvalue weighted by atomic mass is 9.77. The first-order valence-electron chi connectivity index (χ1n) is 13.6. The predicted molar refractivity (Wildman–Crippen MR) is 149 cm³/mol. The molecular formula is C32H32N4O4. The fraction of sp³-hybridized carbons (Fsp3) is 0.281. The Bertz CT molecular complexity index is 1330. The molecule has 0 radical (unpaired) electrons. The second-order valence-corrected chi connectivity index (χ2v) is 9.92. The lowest BCUT2D eigenvalue weighted by Gasteiger charge is -2.36. The topological polar surface area (TPSA) is 96.2 Å². The summed E-state index contributed by atoms with van der Waals surface area (Å²) in [5, 5.41) is 12.6. The number of rotatable bonds is 10. The Morgan fingerprint density at radius 1 is 0.825 bits per heavy atom. The number of esters is 2. The van der Waals surface area contributed by atoms with E-state index in [1.54, 1.807) is 4.68 Å². The van der Waals surface area contributed by atoms with Gasteiger partial charge in [0.15, 0.2) is 12.4 Å². The Hall–Kier alpha value is -4.59. The molecule has 8 heteroatoms. The summed E-state index contributed by atoms with van der Waals surface area (Å²) < 4.78 is 12.8. The molecule has 1 aliphatic carbocycles. The first-order chi connectivity index (χ1) is 19.6. The van der Waals surface area contributed by atoms with Crippen molar-refractivity contribution in [3.8, 4) is 0 Å². The summed E-state index contributed by atoms with van der Waals surface area (Å²) in [6.07, 6.45) is 4.67. The number of benzene rings is 3. The number of carbonyl (C=O) groups excluding carboxylic acids is 2. The molecule has 0 spiro atoms. The van der Waals surface area contributed by atoms with E-state index in [0.29, 0.717) is 5.82 Å². The molecule has 0 aliphatic heterocycles. The van der Waals surface area contributed by atoms with Crippen LogP contribution in [0.4, 0.5) is 0 Å². The average Bonchev–Trinajstić information content (AvgIpc) is 3.47. The van der Waals surface area contributed by atoms with Crippen LogP contribution in [0.1, 0.15) is 61.0 Å². The number of hydrogen-bond acceptors (Lipinski definition) is 7. The number of aromatic nitrogens is 4. The molecule has 0 N–H and O–H groups in total. The third-order valence-electron chi connectivity index (χ3n) is 7.26. The largest absolute Gasteiger partial charge is 0.462 e. The SMILES string of the molecule is C=C(CC(=O)OC1CCCCC1)C(=O)OCc1nnnn1C(c1ccccc1)(c1ccccc1)c1ccccc1. The quantitative estimate of drug-likeness (QED) is 0.153. The van der Waals surface area contributed by atoms with Crippen molar-refractivity contribution in [3.63, 3.8) is 0 Å². The molecule has 0 unspecified atom stereocenters. The minimum absolute atomic E-state index is 0.0280. The molecular weight excluding hydrogens is 504 g/mol. The molecule has 0 bridgehead atoms. The maximum Gasteiger partial charge on any atom is 0.334 e. The van der Waals surface area contributed by atoms with Crippen LogP contribution in [0.25, 0.3) is 0 Å². The molecule has 8 nitrogen and oxygen atoms in total. The number of nitrogens with zero attached hydrogens (tertiary/aromatic N) is 4. The monoisotopic (exact) mass is 536 g/mol. The first-order valence-corrected chi connectivity index (χ1v) is 13.6. The van der Waals surface area contributed by atoms with Gasteiger partial charge in [-0.2, -0.15) is 0 Å². The summed E-state index contributed by atoms with van der Waals surface area (Å²) in [6.45, 7) is 3.56. The molecule has 1 heterocycles. The van der Waals surface area contributed by atoms with Crippen LogP contribution in [0, 0.1) is 0 Å². The van der Waals surface area contributed by atoms with E-state index >= 15 is 0 Å². The third kappa shape index (κ3) is 5.71. The van der Waals surface area contributed by atoms with E-state index in [9.17, 15) is 9.59 Å². The van der Waals surface area contributed by atoms with Crippen LogP contribution in [0.15, 0.2) is 103 Å². The molecule has 4 aromatic rings. The van der Waals surface area contributed by atoms with Crippen molar-refractivity contribution in [2.75, 3.05) is 0 Å². The highest BCUT2D eigenvalue weighted by Crippen LogP contribution is 2.40. The van der Waals surface area contributed by atoms with Crippen LogP contribution in [-0.2, 0) is 31.2 Å². The van der Waals surface area contributed by atoms with Gasteiger partial charge in [0.1, 0.15) is 11.6 Å². The zero-order chi connectivity index (χ0) is 27.8. The number of ether oxygens (including phenoxy) is 2. The number of tetrazole rings is 1. The van der Waals surface area contributed by atoms with Gasteiger partial charge in [-0.05, 0) is 52.8 Å². The van der Waals surface area contributed by atoms with Crippen molar-refractivity contribution in [2.45, 2.75) is 56.8 Å². The Morgan fingerprint density at radius 3 is 1.88 bits per heavy atom. The first kappa shape index (κ1) is 27.0. The Morgan fingerprint density at radius 2 is 1.35 bits per heavy atom. The third-order valence-corrected chi connectivity index (χ3v) is 7.26. The van der Waals surface area contributed by atoms with Gasteiger partial charge in [0.2, 0.25) is 0 Å². The van der Waals surface area contributed by atoms with Gasteiger partial charge in [0.25, 0.3) is 0 Å². The van der Waals surface area contributed by atoms with Gasteiger partial charge in [-0.3, -0.25) is 4.79 Å². The van der Waals surface area contributed by atoms with Gasteiger partial charge < -0.3 is 9.47 Å². The Balaban J connectivity index is 1.41. The van der Waals surface area contributed by atoms with E-state index in [4.69, 9.17) is 9.47 Å². The second kappa shape index (κ2) is 12.5. The molecule has 1 aromatic heterocycles. The smallest absolute Gasteiger partial charge is 0.334 e. The highest BCUT2D eigenvalue weighted by Gasteiger charge is 2.41. The fourth-order valence-electron chi connectivity index (χ4n) is 5.35. The molecule has 1 saturated carbocycles. The summed E-state index contributed by atoms with van der Waals surface area (Å²) in [7, 11) is 0. The second-order valence-electron chi connectivity index (χ2n) is 9.92. The zero-order valence-electron chi connectivity index (χ0n) is 22.3. The van der Waals surface area contributed by atoms with Crippen molar-refractivity contribution >= 4 is 11.9 Å². The van der Waals surface area contributed by atoms with E-state index in [2.05, 4.69) is 22.1 Å². The Kier molecular flexibility index (Phi) is 8.44. The summed E-state index contributed by atoms with van der Waals surface area (Å²) >= 11 is 0. The molecule has 0 atom stereocenters. The predicted octanol–water partition coefficient (Wildman–Crippen LogP) is 5.38. The number of carbonyl (C=O) groups is 2. The van der Waals surface area contributed by atoms with Crippen molar-refractivity contribution in [3.05, 3.63) is 126 Å². The van der Waals surface area contributed by atoms with Crippen molar-refractivity contribution in [2.24, 2.45) is 0 Å². The zero-order valence-corrected chi connectivity index (χ0v) is 22.3. The van der Waals surface area contributed by atoms with Crippen LogP contribution in [-0.4, -0.2) is 38.2 Å². The van der Waals surface area contributed by atoms with Crippen molar-refractivity contribution in [1.29, 1.82) is 0 Å². The molecule has 1 aliphatic rings. The summed E-state index contributed by atoms with van der Waals surface area (Å²) in [5.41, 5.74) is 1.88. The van der Waals surface area contributed by atoms with Crippen LogP contribution in [0.2, 0.25) is 0 Å². The number of hydrogen-bond donors (Lipinski definition) is 0. The molecule has 40 heavy (non-hydrogen) atoms. The van der Waals surface area contributed by atoms with Crippen molar-refractivity contribution in [1.82, 2.24) is 20.2 Å². The van der Waals surface area contributed by atoms with Crippen LogP contribution in [0.5, 0.6) is 0 Å². The molecule has 204 valence electrons. The Labute approximate surface area is 233 Å². The van der Waals surface area contributed by atoms with Crippen LogP contribution >= 0.6 is 0 Å². The van der Waals surface area contributed by atoms with Gasteiger partial charge in [0.05, 0.1) is 6.42 Å². The minimum atomic E-state index is -0.949. The van der Waals surface area contributed by atoms with E-state index in [1.807, 2.05) is 91.0 Å². The van der Waals surface area contributed by atoms with Gasteiger partial charge in [0, 0.05) is 5.57 Å². The average molecular weight is 537 g/mol. The van der Waals surface area contributed by atoms with Crippen molar-refractivity contribution < 1.29 is 19.1 Å². The fourth-order valence-corrected chi connectivity index (χ4v) is 5.35. The summed E-state index contributed by atoms with van der Waals surface area (Å²) in [4.78, 5) is 25.2. The minimum Gasteiger partial charge on any atom is -0.462 e. The standard InChI is InChI=1S/C32H32N4O4/c1-24(22-30(37)40-28-20-12-5-13-21-28)31(38)39-23-29-33-34-35-36(29)32(25-14-6-2-7-15-25,26-16-8-3-9-17-26)27-18-10-4-11-19-27/h2-4,6-11,14-19,28H,1,5,12-13,20-23H2. The summed E-state index contributed by atoms with van der Waals surface area (Å²) in [6, 6.07) is 29.8. The summed E-state index contributed by atoms with van der Waals surface area (Å²) in [5.74, 6) is -0.822. The molecule has 3 aromatic carbocycles. The molecule has 1 fully saturated rings. The maximum absolute atomic E-state index is 12.8. The van der Waals surface area contributed by atoms with E-state index in [0.717, 1.165) is 48.8 Å². The normalized spacial score (nSPS) is 13.9. The van der Waals surface area contributed by atoms with Crippen LogP contribution < -0.4 is 0 Å². The molecule has 0 amide bonds. The van der Waals surface area contributed by atoms with Crippen LogP contribution in [0.3, 0.4) is 0 Å². The maximum atomic E-state index is 12.8.